The summed E-state index contributed by atoms with van der Waals surface area (Å²) >= 11 is 0. The second-order valence-corrected chi connectivity index (χ2v) is 6.59. The molecule has 0 unspecified atom stereocenters. The number of carbonyl (C=O) groups excluding carboxylic acids is 1. The van der Waals surface area contributed by atoms with E-state index in [4.69, 9.17) is 4.74 Å². The van der Waals surface area contributed by atoms with Crippen LogP contribution in [-0.4, -0.2) is 32.8 Å². The van der Waals surface area contributed by atoms with Gasteiger partial charge in [-0.3, -0.25) is 4.79 Å². The van der Waals surface area contributed by atoms with Crippen molar-refractivity contribution >= 4 is 15.6 Å². The molecule has 0 aliphatic heterocycles. The molecular formula is C13H17FO4S. The molecule has 0 N–H and O–H groups in total. The molecule has 0 aliphatic rings. The predicted octanol–water partition coefficient (Wildman–Crippen LogP) is 2.23. The summed E-state index contributed by atoms with van der Waals surface area (Å²) in [6.45, 7) is 1.57. The highest BCUT2D eigenvalue weighted by atomic mass is 32.2. The van der Waals surface area contributed by atoms with Crippen LogP contribution in [0.25, 0.3) is 0 Å². The van der Waals surface area contributed by atoms with E-state index in [-0.39, 0.29) is 35.9 Å². The Kier molecular flexibility index (Phi) is 5.47. The summed E-state index contributed by atoms with van der Waals surface area (Å²) in [5, 5.41) is 0. The lowest BCUT2D eigenvalue weighted by Crippen LogP contribution is -2.10. The monoisotopic (exact) mass is 288 g/mol. The van der Waals surface area contributed by atoms with Gasteiger partial charge in [-0.1, -0.05) is 6.92 Å². The third-order valence-corrected chi connectivity index (χ3v) is 4.56. The van der Waals surface area contributed by atoms with Gasteiger partial charge >= 0.3 is 0 Å². The Hall–Kier alpha value is -1.43. The van der Waals surface area contributed by atoms with E-state index < -0.39 is 15.7 Å². The standard InChI is InChI=1S/C13H17FO4S/c1-3-19(16,17)8-4-5-12(15)10-6-7-11(14)13(9-10)18-2/h6-7,9H,3-5,8H2,1-2H3. The van der Waals surface area contributed by atoms with Crippen LogP contribution in [0.15, 0.2) is 18.2 Å². The molecule has 0 aromatic heterocycles. The van der Waals surface area contributed by atoms with E-state index in [9.17, 15) is 17.6 Å². The Labute approximate surface area is 112 Å². The Morgan fingerprint density at radius 2 is 2.05 bits per heavy atom. The topological polar surface area (TPSA) is 60.4 Å². The molecule has 4 nitrogen and oxygen atoms in total. The highest BCUT2D eigenvalue weighted by Gasteiger charge is 2.12. The van der Waals surface area contributed by atoms with Crippen molar-refractivity contribution in [3.8, 4) is 5.75 Å². The highest BCUT2D eigenvalue weighted by Crippen LogP contribution is 2.19. The Morgan fingerprint density at radius 3 is 2.63 bits per heavy atom. The van der Waals surface area contributed by atoms with Gasteiger partial charge in [0.05, 0.1) is 12.9 Å². The number of sulfone groups is 1. The predicted molar refractivity (Wildman–Crippen MR) is 70.8 cm³/mol. The van der Waals surface area contributed by atoms with Crippen LogP contribution in [0.1, 0.15) is 30.1 Å². The Balaban J connectivity index is 2.64. The first-order valence-electron chi connectivity index (χ1n) is 5.96. The van der Waals surface area contributed by atoms with Crippen LogP contribution in [0.4, 0.5) is 4.39 Å². The first-order chi connectivity index (χ1) is 8.89. The molecule has 0 fully saturated rings. The van der Waals surface area contributed by atoms with Gasteiger partial charge in [-0.05, 0) is 24.6 Å². The zero-order valence-electron chi connectivity index (χ0n) is 11.0. The van der Waals surface area contributed by atoms with E-state index in [2.05, 4.69) is 0 Å². The van der Waals surface area contributed by atoms with E-state index in [1.54, 1.807) is 6.92 Å². The Morgan fingerprint density at radius 1 is 1.37 bits per heavy atom. The minimum absolute atomic E-state index is 0.00638. The van der Waals surface area contributed by atoms with Crippen LogP contribution in [0, 0.1) is 5.82 Å². The van der Waals surface area contributed by atoms with Gasteiger partial charge in [-0.15, -0.1) is 0 Å². The van der Waals surface area contributed by atoms with Crippen molar-refractivity contribution < 1.29 is 22.3 Å². The van der Waals surface area contributed by atoms with Gasteiger partial charge in [0.2, 0.25) is 0 Å². The second kappa shape index (κ2) is 6.65. The molecule has 106 valence electrons. The molecule has 1 aromatic carbocycles. The second-order valence-electron chi connectivity index (χ2n) is 4.11. The number of Topliss-reactive ketones (excluding diaryl/α,β-unsaturated/α-hetero) is 1. The zero-order chi connectivity index (χ0) is 14.5. The molecule has 0 heterocycles. The van der Waals surface area contributed by atoms with Crippen LogP contribution < -0.4 is 4.74 Å². The molecule has 1 aromatic rings. The van der Waals surface area contributed by atoms with Crippen LogP contribution in [0.3, 0.4) is 0 Å². The van der Waals surface area contributed by atoms with E-state index in [1.807, 2.05) is 0 Å². The zero-order valence-corrected chi connectivity index (χ0v) is 11.8. The molecule has 0 atom stereocenters. The van der Waals surface area contributed by atoms with Gasteiger partial charge in [-0.25, -0.2) is 12.8 Å². The largest absolute Gasteiger partial charge is 0.494 e. The summed E-state index contributed by atoms with van der Waals surface area (Å²) in [5.74, 6) is -0.677. The maximum atomic E-state index is 13.2. The van der Waals surface area contributed by atoms with Crippen molar-refractivity contribution in [3.05, 3.63) is 29.6 Å². The van der Waals surface area contributed by atoms with Crippen molar-refractivity contribution in [1.82, 2.24) is 0 Å². The fourth-order valence-electron chi connectivity index (χ4n) is 1.57. The molecule has 0 saturated carbocycles. The lowest BCUT2D eigenvalue weighted by molar-refractivity contribution is 0.0981. The first-order valence-corrected chi connectivity index (χ1v) is 7.79. The van der Waals surface area contributed by atoms with Crippen molar-refractivity contribution in [2.24, 2.45) is 0 Å². The van der Waals surface area contributed by atoms with Crippen LogP contribution in [-0.2, 0) is 9.84 Å². The number of methoxy groups -OCH3 is 1. The Bertz CT molecular complexity index is 552. The van der Waals surface area contributed by atoms with Gasteiger partial charge in [-0.2, -0.15) is 0 Å². The molecule has 1 rings (SSSR count). The summed E-state index contributed by atoms with van der Waals surface area (Å²) in [5.41, 5.74) is 0.326. The van der Waals surface area contributed by atoms with E-state index in [0.29, 0.717) is 5.56 Å². The number of benzene rings is 1. The summed E-state index contributed by atoms with van der Waals surface area (Å²) in [7, 11) is -1.73. The average Bonchev–Trinajstić information content (AvgIpc) is 2.39. The summed E-state index contributed by atoms with van der Waals surface area (Å²) in [6, 6.07) is 3.86. The number of rotatable bonds is 7. The van der Waals surface area contributed by atoms with Crippen molar-refractivity contribution in [2.45, 2.75) is 19.8 Å². The molecule has 0 amide bonds. The summed E-state index contributed by atoms with van der Waals surface area (Å²) in [4.78, 5) is 11.8. The lowest BCUT2D eigenvalue weighted by Gasteiger charge is -2.05. The van der Waals surface area contributed by atoms with Crippen molar-refractivity contribution in [2.75, 3.05) is 18.6 Å². The highest BCUT2D eigenvalue weighted by molar-refractivity contribution is 7.91. The van der Waals surface area contributed by atoms with Crippen molar-refractivity contribution in [1.29, 1.82) is 0 Å². The normalized spacial score (nSPS) is 11.3. The number of ether oxygens (including phenoxy) is 1. The van der Waals surface area contributed by atoms with Crippen LogP contribution >= 0.6 is 0 Å². The molecule has 0 radical (unpaired) electrons. The van der Waals surface area contributed by atoms with E-state index in [1.165, 1.54) is 19.2 Å². The smallest absolute Gasteiger partial charge is 0.165 e. The molecule has 19 heavy (non-hydrogen) atoms. The SMILES string of the molecule is CCS(=O)(=O)CCCC(=O)c1ccc(F)c(OC)c1. The number of hydrogen-bond acceptors (Lipinski definition) is 4. The number of halogens is 1. The van der Waals surface area contributed by atoms with Gasteiger partial charge < -0.3 is 4.74 Å². The fourth-order valence-corrected chi connectivity index (χ4v) is 2.45. The van der Waals surface area contributed by atoms with Gasteiger partial charge in [0, 0.05) is 17.7 Å². The quantitative estimate of drug-likeness (QED) is 0.722. The minimum atomic E-state index is -3.05. The third-order valence-electron chi connectivity index (χ3n) is 2.77. The lowest BCUT2D eigenvalue weighted by atomic mass is 10.1. The maximum Gasteiger partial charge on any atom is 0.165 e. The van der Waals surface area contributed by atoms with Gasteiger partial charge in [0.25, 0.3) is 0 Å². The molecule has 6 heteroatoms. The maximum absolute atomic E-state index is 13.2. The van der Waals surface area contributed by atoms with Crippen molar-refractivity contribution in [3.63, 3.8) is 0 Å². The molecule has 0 spiro atoms. The van der Waals surface area contributed by atoms with Gasteiger partial charge in [0.1, 0.15) is 9.84 Å². The average molecular weight is 288 g/mol. The summed E-state index contributed by atoms with van der Waals surface area (Å²) in [6.07, 6.45) is 0.392. The van der Waals surface area contributed by atoms with E-state index in [0.717, 1.165) is 6.07 Å². The number of ketones is 1. The molecular weight excluding hydrogens is 271 g/mol. The summed E-state index contributed by atoms with van der Waals surface area (Å²) < 4.78 is 40.5. The number of hydrogen-bond donors (Lipinski definition) is 0. The third kappa shape index (κ3) is 4.63. The molecule has 0 bridgehead atoms. The fraction of sp³-hybridized carbons (Fsp3) is 0.462. The molecule has 0 aliphatic carbocycles. The van der Waals surface area contributed by atoms with E-state index >= 15 is 0 Å². The first kappa shape index (κ1) is 15.6. The minimum Gasteiger partial charge on any atom is -0.494 e. The van der Waals surface area contributed by atoms with Crippen LogP contribution in [0.5, 0.6) is 5.75 Å². The number of carbonyl (C=O) groups is 1. The van der Waals surface area contributed by atoms with Crippen LogP contribution in [0.2, 0.25) is 0 Å². The molecule has 0 saturated heterocycles. The van der Waals surface area contributed by atoms with Gasteiger partial charge in [0.15, 0.2) is 17.3 Å².